The van der Waals surface area contributed by atoms with Gasteiger partial charge in [-0.1, -0.05) is 31.6 Å². The lowest BCUT2D eigenvalue weighted by atomic mass is 9.79. The van der Waals surface area contributed by atoms with Crippen LogP contribution in [0.3, 0.4) is 0 Å². The van der Waals surface area contributed by atoms with Crippen LogP contribution in [0, 0.1) is 11.8 Å². The molecule has 0 unspecified atom stereocenters. The van der Waals surface area contributed by atoms with Crippen molar-refractivity contribution in [3.05, 3.63) is 35.4 Å². The van der Waals surface area contributed by atoms with E-state index in [1.165, 1.54) is 49.9 Å². The van der Waals surface area contributed by atoms with Crippen molar-refractivity contribution in [3.63, 3.8) is 0 Å². The predicted molar refractivity (Wildman–Crippen MR) is 123 cm³/mol. The van der Waals surface area contributed by atoms with Crippen LogP contribution >= 0.6 is 0 Å². The Bertz CT molecular complexity index is 803. The van der Waals surface area contributed by atoms with E-state index in [1.807, 2.05) is 12.1 Å². The topological polar surface area (TPSA) is 37.4 Å². The highest BCUT2D eigenvalue weighted by atomic mass is 32.2. The largest absolute Gasteiger partial charge is 0.300 e. The monoisotopic (exact) mass is 417 g/mol. The van der Waals surface area contributed by atoms with Crippen molar-refractivity contribution in [3.8, 4) is 0 Å². The Kier molecular flexibility index (Phi) is 7.27. The number of hydrogen-bond acceptors (Lipinski definition) is 3. The fourth-order valence-electron chi connectivity index (χ4n) is 5.04. The lowest BCUT2D eigenvalue weighted by Crippen LogP contribution is -2.42. The summed E-state index contributed by atoms with van der Waals surface area (Å²) in [6.07, 6.45) is 7.81. The van der Waals surface area contributed by atoms with Crippen molar-refractivity contribution < 1.29 is 8.42 Å². The number of piperidine rings is 1. The molecular formula is C25H39NO2S. The molecule has 1 aromatic carbocycles. The molecule has 0 N–H and O–H groups in total. The third-order valence-corrected chi connectivity index (χ3v) is 9.54. The molecule has 3 rings (SSSR count). The lowest BCUT2D eigenvalue weighted by molar-refractivity contribution is 0.116. The van der Waals surface area contributed by atoms with Crippen LogP contribution in [0.5, 0.6) is 0 Å². The third-order valence-electron chi connectivity index (χ3n) is 7.37. The molecule has 0 radical (unpaired) electrons. The van der Waals surface area contributed by atoms with Crippen LogP contribution in [0.1, 0.15) is 78.7 Å². The van der Waals surface area contributed by atoms with Gasteiger partial charge in [-0.05, 0) is 94.4 Å². The summed E-state index contributed by atoms with van der Waals surface area (Å²) in [6, 6.07) is 8.30. The molecule has 0 atom stereocenters. The maximum atomic E-state index is 12.3. The van der Waals surface area contributed by atoms with Crippen LogP contribution in [0.2, 0.25) is 0 Å². The highest BCUT2D eigenvalue weighted by Crippen LogP contribution is 2.35. The third kappa shape index (κ3) is 5.14. The molecule has 1 saturated carbocycles. The molecule has 1 saturated heterocycles. The SMILES string of the molecule is CC(=C1CCN(C2CCC(C(C)C)CC2)CC1)c1ccc(S(=O)(=O)C(C)C)cc1. The average molecular weight is 418 g/mol. The fourth-order valence-corrected chi connectivity index (χ4v) is 6.10. The van der Waals surface area contributed by atoms with E-state index >= 15 is 0 Å². The van der Waals surface area contributed by atoms with Gasteiger partial charge in [-0.3, -0.25) is 4.90 Å². The molecule has 0 bridgehead atoms. The quantitative estimate of drug-likeness (QED) is 0.594. The molecule has 0 spiro atoms. The van der Waals surface area contributed by atoms with Crippen LogP contribution in [-0.4, -0.2) is 37.7 Å². The Morgan fingerprint density at radius 3 is 1.97 bits per heavy atom. The van der Waals surface area contributed by atoms with Crippen LogP contribution in [0.15, 0.2) is 34.7 Å². The number of allylic oxidation sites excluding steroid dienone is 1. The van der Waals surface area contributed by atoms with E-state index in [4.69, 9.17) is 0 Å². The van der Waals surface area contributed by atoms with Gasteiger partial charge in [0.15, 0.2) is 9.84 Å². The summed E-state index contributed by atoms with van der Waals surface area (Å²) in [6.45, 7) is 12.8. The van der Waals surface area contributed by atoms with Crippen molar-refractivity contribution in [2.75, 3.05) is 13.1 Å². The molecule has 162 valence electrons. The Labute approximate surface area is 178 Å². The molecule has 1 aromatic rings. The van der Waals surface area contributed by atoms with Crippen LogP contribution < -0.4 is 0 Å². The highest BCUT2D eigenvalue weighted by Gasteiger charge is 2.29. The summed E-state index contributed by atoms with van der Waals surface area (Å²) >= 11 is 0. The van der Waals surface area contributed by atoms with Gasteiger partial charge < -0.3 is 0 Å². The van der Waals surface area contributed by atoms with Gasteiger partial charge in [0.25, 0.3) is 0 Å². The number of hydrogen-bond donors (Lipinski definition) is 0. The number of likely N-dealkylation sites (tertiary alicyclic amines) is 1. The number of benzene rings is 1. The smallest absolute Gasteiger partial charge is 0.180 e. The molecule has 2 aliphatic rings. The van der Waals surface area contributed by atoms with Gasteiger partial charge in [-0.25, -0.2) is 8.42 Å². The minimum Gasteiger partial charge on any atom is -0.300 e. The minimum atomic E-state index is -3.20. The number of rotatable bonds is 5. The normalized spacial score (nSPS) is 24.3. The number of sulfone groups is 1. The summed E-state index contributed by atoms with van der Waals surface area (Å²) in [5.41, 5.74) is 4.03. The Morgan fingerprint density at radius 2 is 1.48 bits per heavy atom. The second-order valence-corrected chi connectivity index (χ2v) is 12.2. The maximum Gasteiger partial charge on any atom is 0.180 e. The minimum absolute atomic E-state index is 0.382. The van der Waals surface area contributed by atoms with E-state index in [-0.39, 0.29) is 5.25 Å². The van der Waals surface area contributed by atoms with E-state index in [9.17, 15) is 8.42 Å². The van der Waals surface area contributed by atoms with Gasteiger partial charge in [0.1, 0.15) is 0 Å². The van der Waals surface area contributed by atoms with E-state index in [2.05, 4.69) is 25.7 Å². The summed E-state index contributed by atoms with van der Waals surface area (Å²) in [4.78, 5) is 3.16. The molecular weight excluding hydrogens is 378 g/mol. The molecule has 2 fully saturated rings. The van der Waals surface area contributed by atoms with Crippen molar-refractivity contribution >= 4 is 15.4 Å². The van der Waals surface area contributed by atoms with Crippen molar-refractivity contribution in [2.45, 2.75) is 89.3 Å². The second-order valence-electron chi connectivity index (χ2n) is 9.70. The zero-order valence-corrected chi connectivity index (χ0v) is 19.8. The van der Waals surface area contributed by atoms with E-state index in [0.29, 0.717) is 4.90 Å². The summed E-state index contributed by atoms with van der Waals surface area (Å²) in [5, 5.41) is -0.382. The molecule has 4 heteroatoms. The lowest BCUT2D eigenvalue weighted by Gasteiger charge is -2.40. The average Bonchev–Trinajstić information content (AvgIpc) is 2.73. The zero-order chi connectivity index (χ0) is 21.2. The van der Waals surface area contributed by atoms with E-state index in [0.717, 1.165) is 36.3 Å². The molecule has 3 nitrogen and oxygen atoms in total. The summed E-state index contributed by atoms with van der Waals surface area (Å²) in [5.74, 6) is 1.76. The Hall–Kier alpha value is -1.13. The van der Waals surface area contributed by atoms with Crippen molar-refractivity contribution in [1.82, 2.24) is 4.90 Å². The first-order chi connectivity index (χ1) is 13.7. The fraction of sp³-hybridized carbons (Fsp3) is 0.680. The summed E-state index contributed by atoms with van der Waals surface area (Å²) in [7, 11) is -3.20. The molecule has 1 aliphatic carbocycles. The predicted octanol–water partition coefficient (Wildman–Crippen LogP) is 5.95. The molecule has 1 heterocycles. The highest BCUT2D eigenvalue weighted by molar-refractivity contribution is 7.92. The van der Waals surface area contributed by atoms with Gasteiger partial charge in [-0.2, -0.15) is 0 Å². The first kappa shape index (κ1) is 22.6. The molecule has 29 heavy (non-hydrogen) atoms. The van der Waals surface area contributed by atoms with Gasteiger partial charge in [-0.15, -0.1) is 0 Å². The standard InChI is InChI=1S/C25H39NO2S/c1-18(2)21-6-10-24(11-7-21)26-16-14-23(15-17-26)20(5)22-8-12-25(13-9-22)29(27,28)19(3)4/h8-9,12-13,18-19,21,24H,6-7,10-11,14-17H2,1-5H3. The van der Waals surface area contributed by atoms with Crippen molar-refractivity contribution in [2.24, 2.45) is 11.8 Å². The molecule has 0 amide bonds. The van der Waals surface area contributed by atoms with Crippen LogP contribution in [-0.2, 0) is 9.84 Å². The zero-order valence-electron chi connectivity index (χ0n) is 18.9. The second kappa shape index (κ2) is 9.34. The molecule has 1 aliphatic heterocycles. The van der Waals surface area contributed by atoms with Crippen LogP contribution in [0.25, 0.3) is 5.57 Å². The summed E-state index contributed by atoms with van der Waals surface area (Å²) < 4.78 is 24.7. The van der Waals surface area contributed by atoms with Gasteiger partial charge >= 0.3 is 0 Å². The van der Waals surface area contributed by atoms with Gasteiger partial charge in [0.05, 0.1) is 10.1 Å². The first-order valence-corrected chi connectivity index (χ1v) is 13.0. The van der Waals surface area contributed by atoms with E-state index in [1.54, 1.807) is 26.0 Å². The Balaban J connectivity index is 1.61. The number of nitrogens with zero attached hydrogens (tertiary/aromatic N) is 1. The van der Waals surface area contributed by atoms with Gasteiger partial charge in [0.2, 0.25) is 0 Å². The first-order valence-electron chi connectivity index (χ1n) is 11.5. The maximum absolute atomic E-state index is 12.3. The molecule has 0 aromatic heterocycles. The van der Waals surface area contributed by atoms with E-state index < -0.39 is 9.84 Å². The Morgan fingerprint density at radius 1 is 0.931 bits per heavy atom. The van der Waals surface area contributed by atoms with Gasteiger partial charge in [0, 0.05) is 19.1 Å². The van der Waals surface area contributed by atoms with Crippen LogP contribution in [0.4, 0.5) is 0 Å². The van der Waals surface area contributed by atoms with Crippen molar-refractivity contribution in [1.29, 1.82) is 0 Å².